The van der Waals surface area contributed by atoms with E-state index in [-0.39, 0.29) is 0 Å². The van der Waals surface area contributed by atoms with Crippen LogP contribution >= 0.6 is 6.49 Å². The molecule has 140 valence electrons. The summed E-state index contributed by atoms with van der Waals surface area (Å²) in [6.45, 7) is 20.6. The van der Waals surface area contributed by atoms with Gasteiger partial charge in [0.1, 0.15) is 0 Å². The van der Waals surface area contributed by atoms with Crippen LogP contribution in [0.15, 0.2) is 0 Å². The maximum atomic E-state index is 5.91. The molecule has 0 rings (SSSR count). The van der Waals surface area contributed by atoms with Gasteiger partial charge in [-0.1, -0.05) is 0 Å². The molecule has 0 bridgehead atoms. The highest BCUT2D eigenvalue weighted by atomic mass is 32.5. The van der Waals surface area contributed by atoms with E-state index in [1.165, 1.54) is 0 Å². The van der Waals surface area contributed by atoms with Gasteiger partial charge in [-0.2, -0.15) is 0 Å². The van der Waals surface area contributed by atoms with Crippen LogP contribution in [0.3, 0.4) is 0 Å². The van der Waals surface area contributed by atoms with E-state index in [0.29, 0.717) is 37.4 Å². The first-order valence-corrected chi connectivity index (χ1v) is 11.9. The normalized spacial score (nSPS) is 13.5. The Labute approximate surface area is 150 Å². The minimum atomic E-state index is -2.15. The summed E-state index contributed by atoms with van der Waals surface area (Å²) in [5.74, 6) is 0. The molecule has 0 radical (unpaired) electrons. The Morgan fingerprint density at radius 2 is 0.957 bits per heavy atom. The molecule has 0 heterocycles. The zero-order valence-electron chi connectivity index (χ0n) is 16.7. The summed E-state index contributed by atoms with van der Waals surface area (Å²) in [6.07, 6.45) is 0. The van der Waals surface area contributed by atoms with Crippen molar-refractivity contribution >= 4 is 18.3 Å². The fraction of sp³-hybridized carbons (Fsp3) is 1.00. The van der Waals surface area contributed by atoms with Crippen LogP contribution < -0.4 is 0 Å². The van der Waals surface area contributed by atoms with Crippen molar-refractivity contribution in [2.45, 2.75) is 79.6 Å². The molecule has 23 heavy (non-hydrogen) atoms. The molecule has 0 N–H and O–H groups in total. The monoisotopic (exact) mass is 366 g/mol. The van der Waals surface area contributed by atoms with Crippen molar-refractivity contribution in [2.24, 2.45) is 0 Å². The fourth-order valence-corrected chi connectivity index (χ4v) is 4.24. The van der Waals surface area contributed by atoms with Crippen molar-refractivity contribution in [3.63, 3.8) is 0 Å². The Morgan fingerprint density at radius 1 is 0.696 bits per heavy atom. The standard InChI is InChI=1S/C17H39N2O2PS/c1-14(2)18(15(3)4)10-12-20-22(9,23)21-13-11-19(16(5)6)17(7)8/h14-17H,10-13H2,1-9H3. The molecule has 0 spiro atoms. The summed E-state index contributed by atoms with van der Waals surface area (Å²) < 4.78 is 11.8. The van der Waals surface area contributed by atoms with Crippen molar-refractivity contribution < 1.29 is 9.05 Å². The van der Waals surface area contributed by atoms with E-state index >= 15 is 0 Å². The molecule has 0 atom stereocenters. The lowest BCUT2D eigenvalue weighted by Crippen LogP contribution is -2.39. The molecule has 0 aromatic rings. The maximum absolute atomic E-state index is 5.91. The lowest BCUT2D eigenvalue weighted by atomic mass is 10.2. The molecule has 0 aromatic carbocycles. The number of hydrogen-bond donors (Lipinski definition) is 0. The second kappa shape index (κ2) is 11.2. The van der Waals surface area contributed by atoms with Gasteiger partial charge in [-0.05, 0) is 67.2 Å². The van der Waals surface area contributed by atoms with Gasteiger partial charge in [-0.25, -0.2) is 0 Å². The third-order valence-corrected chi connectivity index (χ3v) is 5.94. The summed E-state index contributed by atoms with van der Waals surface area (Å²) >= 11 is 5.54. The highest BCUT2D eigenvalue weighted by Gasteiger charge is 2.18. The molecule has 0 aromatic heterocycles. The van der Waals surface area contributed by atoms with Crippen LogP contribution in [0.2, 0.25) is 0 Å². The molecular weight excluding hydrogens is 327 g/mol. The van der Waals surface area contributed by atoms with Crippen LogP contribution in [0.5, 0.6) is 0 Å². The van der Waals surface area contributed by atoms with Gasteiger partial charge in [0.15, 0.2) is 6.49 Å². The Morgan fingerprint density at radius 3 is 1.17 bits per heavy atom. The molecule has 0 aliphatic rings. The van der Waals surface area contributed by atoms with E-state index in [2.05, 4.69) is 65.2 Å². The van der Waals surface area contributed by atoms with E-state index < -0.39 is 6.49 Å². The number of rotatable bonds is 12. The molecule has 0 saturated carbocycles. The second-order valence-corrected chi connectivity index (χ2v) is 11.3. The topological polar surface area (TPSA) is 24.9 Å². The number of hydrogen-bond acceptors (Lipinski definition) is 5. The Balaban J connectivity index is 4.22. The minimum absolute atomic E-state index is 0.514. The third-order valence-electron chi connectivity index (χ3n) is 4.00. The van der Waals surface area contributed by atoms with Crippen LogP contribution in [0.4, 0.5) is 0 Å². The maximum Gasteiger partial charge on any atom is 0.185 e. The minimum Gasteiger partial charge on any atom is -0.328 e. The molecule has 0 amide bonds. The van der Waals surface area contributed by atoms with Crippen molar-refractivity contribution in [2.75, 3.05) is 33.0 Å². The SMILES string of the molecule is CC(C)N(CCOP(C)(=S)OCCN(C(C)C)C(C)C)C(C)C. The average molecular weight is 367 g/mol. The summed E-state index contributed by atoms with van der Waals surface area (Å²) in [7, 11) is 0. The summed E-state index contributed by atoms with van der Waals surface area (Å²) in [5, 5.41) is 0. The van der Waals surface area contributed by atoms with Crippen molar-refractivity contribution in [3.05, 3.63) is 0 Å². The van der Waals surface area contributed by atoms with Gasteiger partial charge in [0, 0.05) is 43.9 Å². The molecule has 6 heteroatoms. The molecule has 0 aliphatic carbocycles. The van der Waals surface area contributed by atoms with Crippen LogP contribution in [0.1, 0.15) is 55.4 Å². The van der Waals surface area contributed by atoms with Crippen LogP contribution in [0.25, 0.3) is 0 Å². The van der Waals surface area contributed by atoms with E-state index in [1.54, 1.807) is 0 Å². The van der Waals surface area contributed by atoms with E-state index in [9.17, 15) is 0 Å². The predicted molar refractivity (Wildman–Crippen MR) is 106 cm³/mol. The Hall–Kier alpha value is 0.490. The van der Waals surface area contributed by atoms with Crippen LogP contribution in [0, 0.1) is 0 Å². The molecule has 4 nitrogen and oxygen atoms in total. The van der Waals surface area contributed by atoms with Gasteiger partial charge in [-0.15, -0.1) is 0 Å². The largest absolute Gasteiger partial charge is 0.328 e. The molecule has 0 aliphatic heterocycles. The quantitative estimate of drug-likeness (QED) is 0.482. The first kappa shape index (κ1) is 23.5. The number of nitrogens with zero attached hydrogens (tertiary/aromatic N) is 2. The fourth-order valence-electron chi connectivity index (χ4n) is 2.89. The van der Waals surface area contributed by atoms with E-state index in [4.69, 9.17) is 20.9 Å². The molecule has 0 saturated heterocycles. The highest BCUT2D eigenvalue weighted by molar-refractivity contribution is 8.09. The Kier molecular flexibility index (Phi) is 11.4. The second-order valence-electron chi connectivity index (χ2n) is 7.29. The van der Waals surface area contributed by atoms with Crippen LogP contribution in [-0.4, -0.2) is 66.9 Å². The van der Waals surface area contributed by atoms with Crippen molar-refractivity contribution in [1.82, 2.24) is 9.80 Å². The zero-order chi connectivity index (χ0) is 18.2. The summed E-state index contributed by atoms with van der Waals surface area (Å²) in [4.78, 5) is 4.82. The predicted octanol–water partition coefficient (Wildman–Crippen LogP) is 4.20. The van der Waals surface area contributed by atoms with Crippen molar-refractivity contribution in [3.8, 4) is 0 Å². The summed E-state index contributed by atoms with van der Waals surface area (Å²) in [6, 6.07) is 2.06. The average Bonchev–Trinajstić information content (AvgIpc) is 2.37. The summed E-state index contributed by atoms with van der Waals surface area (Å²) in [5.41, 5.74) is 0. The highest BCUT2D eigenvalue weighted by Crippen LogP contribution is 2.44. The third kappa shape index (κ3) is 10.2. The van der Waals surface area contributed by atoms with Gasteiger partial charge in [0.2, 0.25) is 0 Å². The first-order chi connectivity index (χ1) is 10.5. The zero-order valence-corrected chi connectivity index (χ0v) is 18.4. The smallest absolute Gasteiger partial charge is 0.185 e. The van der Waals surface area contributed by atoms with Gasteiger partial charge >= 0.3 is 0 Å². The van der Waals surface area contributed by atoms with E-state index in [1.807, 2.05) is 6.66 Å². The van der Waals surface area contributed by atoms with Crippen LogP contribution in [-0.2, 0) is 20.9 Å². The lowest BCUT2D eigenvalue weighted by molar-refractivity contribution is 0.124. The van der Waals surface area contributed by atoms with Gasteiger partial charge in [-0.3, -0.25) is 9.80 Å². The molecule has 0 unspecified atom stereocenters. The van der Waals surface area contributed by atoms with E-state index in [0.717, 1.165) is 13.1 Å². The molecule has 0 fully saturated rings. The van der Waals surface area contributed by atoms with Crippen molar-refractivity contribution in [1.29, 1.82) is 0 Å². The van der Waals surface area contributed by atoms with Gasteiger partial charge in [0.25, 0.3) is 0 Å². The lowest BCUT2D eigenvalue weighted by Gasteiger charge is -2.32. The first-order valence-electron chi connectivity index (χ1n) is 8.86. The van der Waals surface area contributed by atoms with Gasteiger partial charge in [0.05, 0.1) is 13.2 Å². The molecular formula is C17H39N2O2PS. The van der Waals surface area contributed by atoms with Gasteiger partial charge < -0.3 is 9.05 Å². The Bertz CT molecular complexity index is 317.